The topological polar surface area (TPSA) is 60.5 Å². The minimum atomic E-state index is -0.0709. The number of para-hydroxylation sites is 2. The Kier molecular flexibility index (Phi) is 7.45. The summed E-state index contributed by atoms with van der Waals surface area (Å²) in [6.07, 6.45) is 0.973. The highest BCUT2D eigenvalue weighted by molar-refractivity contribution is 9.10. The van der Waals surface area contributed by atoms with E-state index in [-0.39, 0.29) is 5.91 Å². The number of hydrogen-bond acceptors (Lipinski definition) is 5. The van der Waals surface area contributed by atoms with E-state index in [9.17, 15) is 4.79 Å². The standard InChI is InChI=1S/C21H21BrN2O3S/c1-2-26-18-6-3-4-7-19(18)27-13-5-8-20(25)24-21-23-17(14-28-21)15-9-11-16(22)12-10-15/h3-4,6-7,9-12,14H,2,5,8,13H2,1H3,(H,23,24,25). The molecule has 1 aromatic heterocycles. The second-order valence-corrected chi connectivity index (χ2v) is 7.70. The van der Waals surface area contributed by atoms with Crippen molar-refractivity contribution in [3.63, 3.8) is 0 Å². The Hall–Kier alpha value is -2.38. The molecule has 3 aromatic rings. The number of carbonyl (C=O) groups is 1. The summed E-state index contributed by atoms with van der Waals surface area (Å²) in [4.78, 5) is 16.6. The van der Waals surface area contributed by atoms with Crippen molar-refractivity contribution in [1.29, 1.82) is 0 Å². The molecule has 0 spiro atoms. The molecule has 2 aromatic carbocycles. The maximum Gasteiger partial charge on any atom is 0.226 e. The molecule has 0 bridgehead atoms. The van der Waals surface area contributed by atoms with E-state index < -0.39 is 0 Å². The van der Waals surface area contributed by atoms with Gasteiger partial charge < -0.3 is 14.8 Å². The van der Waals surface area contributed by atoms with Crippen molar-refractivity contribution in [2.45, 2.75) is 19.8 Å². The summed E-state index contributed by atoms with van der Waals surface area (Å²) in [6.45, 7) is 2.96. The summed E-state index contributed by atoms with van der Waals surface area (Å²) in [5, 5.41) is 5.39. The molecular formula is C21H21BrN2O3S. The van der Waals surface area contributed by atoms with Crippen molar-refractivity contribution in [3.05, 3.63) is 58.4 Å². The van der Waals surface area contributed by atoms with Gasteiger partial charge >= 0.3 is 0 Å². The summed E-state index contributed by atoms with van der Waals surface area (Å²) in [5.74, 6) is 1.35. The van der Waals surface area contributed by atoms with Gasteiger partial charge in [-0.2, -0.15) is 0 Å². The Bertz CT molecular complexity index is 912. The number of amides is 1. The third kappa shape index (κ3) is 5.81. The number of rotatable bonds is 9. The van der Waals surface area contributed by atoms with Gasteiger partial charge in [-0.25, -0.2) is 4.98 Å². The summed E-state index contributed by atoms with van der Waals surface area (Å²) >= 11 is 4.84. The van der Waals surface area contributed by atoms with E-state index >= 15 is 0 Å². The lowest BCUT2D eigenvalue weighted by atomic mass is 10.2. The maximum absolute atomic E-state index is 12.2. The first-order valence-corrected chi connectivity index (χ1v) is 10.7. The van der Waals surface area contributed by atoms with E-state index in [1.54, 1.807) is 0 Å². The predicted molar refractivity (Wildman–Crippen MR) is 116 cm³/mol. The predicted octanol–water partition coefficient (Wildman–Crippen LogP) is 5.77. The van der Waals surface area contributed by atoms with Gasteiger partial charge in [0, 0.05) is 21.8 Å². The first kappa shape index (κ1) is 20.4. The Morgan fingerprint density at radius 1 is 1.11 bits per heavy atom. The van der Waals surface area contributed by atoms with Crippen molar-refractivity contribution < 1.29 is 14.3 Å². The third-order valence-corrected chi connectivity index (χ3v) is 5.13. The quantitative estimate of drug-likeness (QED) is 0.411. The van der Waals surface area contributed by atoms with Crippen LogP contribution < -0.4 is 14.8 Å². The van der Waals surface area contributed by atoms with E-state index in [0.29, 0.717) is 36.9 Å². The molecule has 3 rings (SSSR count). The Morgan fingerprint density at radius 2 is 1.82 bits per heavy atom. The molecule has 0 unspecified atom stereocenters. The van der Waals surface area contributed by atoms with Crippen molar-refractivity contribution in [1.82, 2.24) is 4.98 Å². The lowest BCUT2D eigenvalue weighted by Gasteiger charge is -2.11. The van der Waals surface area contributed by atoms with Gasteiger partial charge in [-0.3, -0.25) is 4.79 Å². The first-order valence-electron chi connectivity index (χ1n) is 9.01. The molecule has 0 aliphatic rings. The van der Waals surface area contributed by atoms with Crippen LogP contribution in [0.3, 0.4) is 0 Å². The van der Waals surface area contributed by atoms with Crippen LogP contribution in [0.1, 0.15) is 19.8 Å². The SMILES string of the molecule is CCOc1ccccc1OCCCC(=O)Nc1nc(-c2ccc(Br)cc2)cs1. The highest BCUT2D eigenvalue weighted by atomic mass is 79.9. The van der Waals surface area contributed by atoms with E-state index in [1.807, 2.05) is 60.8 Å². The fraction of sp³-hybridized carbons (Fsp3) is 0.238. The van der Waals surface area contributed by atoms with E-state index in [2.05, 4.69) is 26.2 Å². The largest absolute Gasteiger partial charge is 0.490 e. The van der Waals surface area contributed by atoms with Crippen LogP contribution in [0.25, 0.3) is 11.3 Å². The molecule has 0 fully saturated rings. The number of nitrogens with zero attached hydrogens (tertiary/aromatic N) is 1. The number of anilines is 1. The lowest BCUT2D eigenvalue weighted by Crippen LogP contribution is -2.12. The number of hydrogen-bond donors (Lipinski definition) is 1. The molecule has 146 valence electrons. The van der Waals surface area contributed by atoms with Crippen LogP contribution in [0.5, 0.6) is 11.5 Å². The normalized spacial score (nSPS) is 10.5. The average Bonchev–Trinajstić information content (AvgIpc) is 3.15. The number of thiazole rings is 1. The smallest absolute Gasteiger partial charge is 0.226 e. The third-order valence-electron chi connectivity index (χ3n) is 3.85. The van der Waals surface area contributed by atoms with Gasteiger partial charge in [0.2, 0.25) is 5.91 Å². The van der Waals surface area contributed by atoms with Gasteiger partial charge in [0.1, 0.15) is 0 Å². The van der Waals surface area contributed by atoms with Crippen LogP contribution in [0.15, 0.2) is 58.4 Å². The molecule has 1 N–H and O–H groups in total. The molecule has 0 aliphatic heterocycles. The summed E-state index contributed by atoms with van der Waals surface area (Å²) in [7, 11) is 0. The molecule has 0 atom stereocenters. The molecular weight excluding hydrogens is 440 g/mol. The van der Waals surface area contributed by atoms with Crippen LogP contribution in [-0.4, -0.2) is 24.1 Å². The van der Waals surface area contributed by atoms with Gasteiger partial charge in [-0.1, -0.05) is 40.2 Å². The monoisotopic (exact) mass is 460 g/mol. The minimum absolute atomic E-state index is 0.0709. The van der Waals surface area contributed by atoms with Crippen molar-refractivity contribution >= 4 is 38.3 Å². The molecule has 0 saturated carbocycles. The summed E-state index contributed by atoms with van der Waals surface area (Å²) in [5.41, 5.74) is 1.87. The molecule has 7 heteroatoms. The fourth-order valence-corrected chi connectivity index (χ4v) is 3.53. The van der Waals surface area contributed by atoms with Crippen molar-refractivity contribution in [2.24, 2.45) is 0 Å². The maximum atomic E-state index is 12.2. The van der Waals surface area contributed by atoms with Crippen LogP contribution in [0, 0.1) is 0 Å². The van der Waals surface area contributed by atoms with Crippen molar-refractivity contribution in [3.8, 4) is 22.8 Å². The molecule has 28 heavy (non-hydrogen) atoms. The van der Waals surface area contributed by atoms with Gasteiger partial charge in [0.25, 0.3) is 0 Å². The van der Waals surface area contributed by atoms with Crippen LogP contribution in [0.4, 0.5) is 5.13 Å². The van der Waals surface area contributed by atoms with Gasteiger partial charge in [0.15, 0.2) is 16.6 Å². The zero-order valence-corrected chi connectivity index (χ0v) is 17.9. The van der Waals surface area contributed by atoms with Crippen molar-refractivity contribution in [2.75, 3.05) is 18.5 Å². The highest BCUT2D eigenvalue weighted by Gasteiger charge is 2.09. The summed E-state index contributed by atoms with van der Waals surface area (Å²) in [6, 6.07) is 15.5. The molecule has 0 saturated heterocycles. The molecule has 1 heterocycles. The van der Waals surface area contributed by atoms with E-state index in [1.165, 1.54) is 11.3 Å². The highest BCUT2D eigenvalue weighted by Crippen LogP contribution is 2.27. The Labute approximate surface area is 176 Å². The Morgan fingerprint density at radius 3 is 2.54 bits per heavy atom. The Balaban J connectivity index is 1.44. The number of nitrogens with one attached hydrogen (secondary N) is 1. The minimum Gasteiger partial charge on any atom is -0.490 e. The number of ether oxygens (including phenoxy) is 2. The van der Waals surface area contributed by atoms with E-state index in [0.717, 1.165) is 21.5 Å². The van der Waals surface area contributed by atoms with Crippen LogP contribution in [-0.2, 0) is 4.79 Å². The van der Waals surface area contributed by atoms with Gasteiger partial charge in [0.05, 0.1) is 18.9 Å². The van der Waals surface area contributed by atoms with Gasteiger partial charge in [-0.15, -0.1) is 11.3 Å². The zero-order chi connectivity index (χ0) is 19.8. The second kappa shape index (κ2) is 10.2. The molecule has 0 radical (unpaired) electrons. The second-order valence-electron chi connectivity index (χ2n) is 5.92. The van der Waals surface area contributed by atoms with Gasteiger partial charge in [-0.05, 0) is 37.6 Å². The van der Waals surface area contributed by atoms with Crippen LogP contribution >= 0.6 is 27.3 Å². The number of benzene rings is 2. The number of carbonyl (C=O) groups excluding carboxylic acids is 1. The average molecular weight is 461 g/mol. The number of aromatic nitrogens is 1. The summed E-state index contributed by atoms with van der Waals surface area (Å²) < 4.78 is 12.3. The fourth-order valence-electron chi connectivity index (χ4n) is 2.53. The van der Waals surface area contributed by atoms with E-state index in [4.69, 9.17) is 9.47 Å². The molecule has 1 amide bonds. The molecule has 5 nitrogen and oxygen atoms in total. The zero-order valence-electron chi connectivity index (χ0n) is 15.5. The first-order chi connectivity index (χ1) is 13.7. The molecule has 0 aliphatic carbocycles. The van der Waals surface area contributed by atoms with Crippen LogP contribution in [0.2, 0.25) is 0 Å². The lowest BCUT2D eigenvalue weighted by molar-refractivity contribution is -0.116. The number of halogens is 1.